The van der Waals surface area contributed by atoms with Gasteiger partial charge in [0.1, 0.15) is 36.1 Å². The van der Waals surface area contributed by atoms with Crippen LogP contribution in [0.3, 0.4) is 0 Å². The normalized spacial score (nSPS) is 16.9. The van der Waals surface area contributed by atoms with E-state index < -0.39 is 107 Å². The first-order valence-electron chi connectivity index (χ1n) is 51.8. The smallest absolute Gasteiger partial charge is 0.347 e. The van der Waals surface area contributed by atoms with Gasteiger partial charge in [-0.25, -0.2) is 4.79 Å². The monoisotopic (exact) mass is 2140 g/mol. The van der Waals surface area contributed by atoms with Gasteiger partial charge in [-0.05, 0) is 92.7 Å². The van der Waals surface area contributed by atoms with Gasteiger partial charge in [-0.15, -0.1) is 0 Å². The number of carbonyl (C=O) groups is 9. The third-order valence-corrected chi connectivity index (χ3v) is 22.4. The van der Waals surface area contributed by atoms with Crippen LogP contribution in [-0.2, 0) is 184 Å². The van der Waals surface area contributed by atoms with E-state index in [4.69, 9.17) is 149 Å². The number of nitrogens with one attached hydrogen (secondary N) is 6. The lowest BCUT2D eigenvalue weighted by Crippen LogP contribution is -2.55. The molecule has 2 aliphatic rings. The Kier molecular flexibility index (Phi) is 79.8. The molecule has 0 bridgehead atoms. The van der Waals surface area contributed by atoms with E-state index in [0.29, 0.717) is 332 Å². The Balaban J connectivity index is 0.930. The fourth-order valence-electron chi connectivity index (χ4n) is 13.7. The number of amides is 6. The van der Waals surface area contributed by atoms with Crippen LogP contribution in [0.15, 0.2) is 54.6 Å². The number of carboxylic acid groups (broad SMARTS) is 1. The molecule has 6 amide bonds. The van der Waals surface area contributed by atoms with Crippen molar-refractivity contribution in [2.45, 2.75) is 162 Å². The highest BCUT2D eigenvalue weighted by Gasteiger charge is 2.48. The summed E-state index contributed by atoms with van der Waals surface area (Å²) in [5.74, 6) is -6.10. The first kappa shape index (κ1) is 133. The summed E-state index contributed by atoms with van der Waals surface area (Å²) in [6, 6.07) is 9.17. The number of rotatable bonds is 96. The summed E-state index contributed by atoms with van der Waals surface area (Å²) in [5.41, 5.74) is 0.817. The van der Waals surface area contributed by atoms with E-state index in [1.807, 2.05) is 45.0 Å². The van der Waals surface area contributed by atoms with Crippen LogP contribution in [0, 0.1) is 23.2 Å². The first-order chi connectivity index (χ1) is 71.9. The molecule has 4 rings (SSSR count). The van der Waals surface area contributed by atoms with E-state index in [-0.39, 0.29) is 96.0 Å². The molecular weight excluding hydrogens is 1960 g/mol. The number of halogens is 1. The van der Waals surface area contributed by atoms with Crippen LogP contribution in [0.4, 0.5) is 0 Å². The molecule has 0 aliphatic carbocycles. The number of methoxy groups -OCH3 is 2. The van der Waals surface area contributed by atoms with Gasteiger partial charge in [-0.3, -0.25) is 38.4 Å². The SMILES string of the molecule is COCCOCCOCCOCCOCCOCCOCCOCCOCCOCCOCCOCCOCCOCCOCCOCCOCCOCCOCCOCCOCCOCCOCCOCCC(=O)NCCCCC(NC(=O)[C@@H](NC(=O)CCCC(=O)O)C(C)C)C(=O)NCc1ccc([C@H]2O[C@@H]2[C@@H](C)C2C/C=C/C(=O)N[C@H](Cc3ccc(OC)c(Cl)c3)C(=O)NCC(C)(C)C(=O)O[C@@H](CC(C)C)C(=O)O2)cc1. The molecule has 1 fully saturated rings. The minimum Gasteiger partial charge on any atom is -0.495 e. The zero-order chi connectivity index (χ0) is 107. The van der Waals surface area contributed by atoms with Crippen LogP contribution in [0.1, 0.15) is 129 Å². The van der Waals surface area contributed by atoms with E-state index in [0.717, 1.165) is 5.56 Å². The molecule has 0 saturated carbocycles. The van der Waals surface area contributed by atoms with Crippen LogP contribution in [0.25, 0.3) is 0 Å². The molecule has 7 N–H and O–H groups in total. The molecule has 0 radical (unpaired) electrons. The number of ether oxygens (including phenoxy) is 28. The highest BCUT2D eigenvalue weighted by molar-refractivity contribution is 6.32. The van der Waals surface area contributed by atoms with Crippen LogP contribution < -0.4 is 36.6 Å². The van der Waals surface area contributed by atoms with Gasteiger partial charge in [0.15, 0.2) is 6.10 Å². The second-order valence-electron chi connectivity index (χ2n) is 35.6. The summed E-state index contributed by atoms with van der Waals surface area (Å²) in [4.78, 5) is 120. The maximum atomic E-state index is 14.1. The molecule has 148 heavy (non-hydrogen) atoms. The minimum atomic E-state index is -1.31. The lowest BCUT2D eigenvalue weighted by Gasteiger charge is -2.29. The molecule has 1 saturated heterocycles. The minimum absolute atomic E-state index is 0.0478. The van der Waals surface area contributed by atoms with Gasteiger partial charge in [0.2, 0.25) is 35.4 Å². The fourth-order valence-corrected chi connectivity index (χ4v) is 14.0. The summed E-state index contributed by atoms with van der Waals surface area (Å²) in [5, 5.41) is 26.3. The van der Waals surface area contributed by atoms with E-state index in [1.165, 1.54) is 13.2 Å². The predicted molar refractivity (Wildman–Crippen MR) is 541 cm³/mol. The molecule has 2 heterocycles. The van der Waals surface area contributed by atoms with Gasteiger partial charge < -0.3 is 170 Å². The third kappa shape index (κ3) is 69.9. The van der Waals surface area contributed by atoms with Crippen molar-refractivity contribution in [1.82, 2.24) is 31.9 Å². The molecular formula is C103H173ClN6O38. The summed E-state index contributed by atoms with van der Waals surface area (Å²) in [6.07, 6.45) is 0.881. The second kappa shape index (κ2) is 88.9. The molecule has 0 aromatic heterocycles. The summed E-state index contributed by atoms with van der Waals surface area (Å²) >= 11 is 6.42. The van der Waals surface area contributed by atoms with Crippen molar-refractivity contribution in [2.75, 3.05) is 338 Å². The van der Waals surface area contributed by atoms with Crippen LogP contribution in [0.2, 0.25) is 5.02 Å². The van der Waals surface area contributed by atoms with Crippen LogP contribution >= 0.6 is 11.6 Å². The van der Waals surface area contributed by atoms with Gasteiger partial charge in [0.05, 0.1) is 334 Å². The van der Waals surface area contributed by atoms with Gasteiger partial charge in [0, 0.05) is 64.8 Å². The lowest BCUT2D eigenvalue weighted by molar-refractivity contribution is -0.179. The number of hydrogen-bond acceptors (Lipinski definition) is 37. The molecule has 850 valence electrons. The fraction of sp³-hybridized carbons (Fsp3) is 0.777. The van der Waals surface area contributed by atoms with Crippen molar-refractivity contribution < 1.29 is 181 Å². The summed E-state index contributed by atoms with van der Waals surface area (Å²) < 4.78 is 156. The first-order valence-corrected chi connectivity index (χ1v) is 52.2. The number of cyclic esters (lactones) is 2. The number of aliphatic carboxylic acids is 1. The number of carbonyl (C=O) groups excluding carboxylic acids is 8. The van der Waals surface area contributed by atoms with E-state index >= 15 is 0 Å². The number of hydrogen-bond donors (Lipinski definition) is 7. The molecule has 2 aliphatic heterocycles. The lowest BCUT2D eigenvalue weighted by atomic mass is 9.92. The van der Waals surface area contributed by atoms with Crippen molar-refractivity contribution in [3.63, 3.8) is 0 Å². The van der Waals surface area contributed by atoms with Crippen molar-refractivity contribution >= 4 is 65.0 Å². The topological polar surface area (TPSA) is 508 Å². The highest BCUT2D eigenvalue weighted by atomic mass is 35.5. The Bertz CT molecular complexity index is 3780. The van der Waals surface area contributed by atoms with Crippen molar-refractivity contribution in [1.29, 1.82) is 0 Å². The van der Waals surface area contributed by atoms with Gasteiger partial charge in [-0.2, -0.15) is 0 Å². The Morgan fingerprint density at radius 3 is 1.24 bits per heavy atom. The summed E-state index contributed by atoms with van der Waals surface area (Å²) in [7, 11) is 3.12. The van der Waals surface area contributed by atoms with Crippen LogP contribution in [-0.4, -0.2) is 433 Å². The Hall–Kier alpha value is -7.50. The zero-order valence-corrected chi connectivity index (χ0v) is 89.6. The maximum Gasteiger partial charge on any atom is 0.347 e. The van der Waals surface area contributed by atoms with Crippen molar-refractivity contribution in [2.24, 2.45) is 23.2 Å². The highest BCUT2D eigenvalue weighted by Crippen LogP contribution is 2.45. The molecule has 2 aromatic rings. The maximum absolute atomic E-state index is 14.1. The van der Waals surface area contributed by atoms with Crippen molar-refractivity contribution in [3.8, 4) is 5.75 Å². The quantitative estimate of drug-likeness (QED) is 0.0250. The molecule has 8 atom stereocenters. The standard InChI is InChI=1S/C103H173ClN6O38/c1-79(2)74-90-101(119)146-88(15-12-16-92(112)108-87(76-83-21-24-89(122-9)85(104)75-83)99(117)107-78-103(6,7)102(120)147-90)81(5)96-97(148-96)84-22-19-82(20-23-84)77-106-98(116)86(109-100(118)95(80(3)4)110-93(113)17-13-18-94(114)115)14-10-11-26-105-91(111)25-27-123-30-31-125-34-35-127-38-39-129-42-43-131-46-47-133-50-51-135-54-55-137-58-59-139-62-63-141-66-67-143-70-71-145-73-72-144-69-68-142-65-64-140-61-60-138-57-56-136-53-52-134-49-48-132-45-44-130-41-40-128-37-36-126-33-32-124-29-28-121-8/h12,16,19-24,75,79-81,86-88,90,95-97H,10-11,13-15,17-18,25-74,76-78H2,1-9H3,(H,105,111)(H,106,116)(H,107,117)(H,108,112)(H,109,118)(H,110,113)(H,114,115)/b16-12+/t81-,86?,87+,88?,90-,95-,96+,97+/m0/s1. The number of carboxylic acids is 1. The Labute approximate surface area is 878 Å². The molecule has 2 unspecified atom stereocenters. The number of esters is 2. The van der Waals surface area contributed by atoms with E-state index in [2.05, 4.69) is 31.9 Å². The zero-order valence-electron chi connectivity index (χ0n) is 88.8. The second-order valence-corrected chi connectivity index (χ2v) is 36.0. The molecule has 44 nitrogen and oxygen atoms in total. The Morgan fingerprint density at radius 1 is 0.459 bits per heavy atom. The Morgan fingerprint density at radius 2 is 0.858 bits per heavy atom. The summed E-state index contributed by atoms with van der Waals surface area (Å²) in [6.45, 7) is 33.5. The molecule has 2 aromatic carbocycles. The van der Waals surface area contributed by atoms with Gasteiger partial charge in [-0.1, -0.05) is 82.6 Å². The van der Waals surface area contributed by atoms with E-state index in [9.17, 15) is 43.2 Å². The van der Waals surface area contributed by atoms with Crippen molar-refractivity contribution in [3.05, 3.63) is 76.3 Å². The third-order valence-electron chi connectivity index (χ3n) is 22.1. The van der Waals surface area contributed by atoms with E-state index in [1.54, 1.807) is 59.1 Å². The average molecular weight is 2140 g/mol. The van der Waals surface area contributed by atoms with Crippen LogP contribution in [0.5, 0.6) is 5.75 Å². The largest absolute Gasteiger partial charge is 0.495 e. The molecule has 0 spiro atoms. The molecule has 45 heteroatoms. The average Bonchev–Trinajstić information content (AvgIpc) is 1.63. The van der Waals surface area contributed by atoms with Gasteiger partial charge >= 0.3 is 17.9 Å². The number of unbranched alkanes of at least 4 members (excludes halogenated alkanes) is 1. The number of benzene rings is 2. The van der Waals surface area contributed by atoms with Gasteiger partial charge in [0.25, 0.3) is 0 Å². The number of epoxide rings is 1. The predicted octanol–water partition coefficient (Wildman–Crippen LogP) is 5.33.